The first kappa shape index (κ1) is 10.1. The van der Waals surface area contributed by atoms with E-state index in [0.717, 1.165) is 10.2 Å². The molecule has 1 heterocycles. The number of rotatable bonds is 2. The van der Waals surface area contributed by atoms with Gasteiger partial charge in [0.15, 0.2) is 0 Å². The molecule has 0 saturated carbocycles. The van der Waals surface area contributed by atoms with Gasteiger partial charge in [0.1, 0.15) is 0 Å². The van der Waals surface area contributed by atoms with Gasteiger partial charge in [0, 0.05) is 0 Å². The van der Waals surface area contributed by atoms with Crippen LogP contribution in [0.4, 0.5) is 0 Å². The molecule has 0 aliphatic rings. The Balaban J connectivity index is 2.73. The minimum atomic E-state index is 0.393. The van der Waals surface area contributed by atoms with E-state index in [1.165, 1.54) is 9.98 Å². The van der Waals surface area contributed by atoms with Gasteiger partial charge in [-0.2, -0.15) is 0 Å². The van der Waals surface area contributed by atoms with Gasteiger partial charge in [0.25, 0.3) is 0 Å². The average molecular weight is 316 g/mol. The molecule has 0 aliphatic heterocycles. The molecule has 0 amide bonds. The van der Waals surface area contributed by atoms with Crippen molar-refractivity contribution in [2.24, 2.45) is 0 Å². The van der Waals surface area contributed by atoms with Crippen LogP contribution in [0, 0.1) is 0 Å². The second-order valence-electron chi connectivity index (χ2n) is 2.74. The van der Waals surface area contributed by atoms with E-state index < -0.39 is 0 Å². The summed E-state index contributed by atoms with van der Waals surface area (Å²) in [5.41, 5.74) is 1.10. The standard InChI is InChI=1S/C10H10N2Se2/c1-13-9-7-5-3-4-6-8(7)11-10(12-9)14-2/h3-6H,1-2H3. The van der Waals surface area contributed by atoms with Gasteiger partial charge in [-0.3, -0.25) is 0 Å². The van der Waals surface area contributed by atoms with Crippen LogP contribution in [0.5, 0.6) is 0 Å². The van der Waals surface area contributed by atoms with Crippen molar-refractivity contribution in [2.45, 2.75) is 11.6 Å². The summed E-state index contributed by atoms with van der Waals surface area (Å²) in [5.74, 6) is 4.36. The second-order valence-corrected chi connectivity index (χ2v) is 6.03. The topological polar surface area (TPSA) is 25.8 Å². The first-order chi connectivity index (χ1) is 6.85. The molecule has 0 N–H and O–H groups in total. The quantitative estimate of drug-likeness (QED) is 0.749. The summed E-state index contributed by atoms with van der Waals surface area (Å²) in [6.07, 6.45) is 0. The van der Waals surface area contributed by atoms with Gasteiger partial charge in [-0.1, -0.05) is 0 Å². The van der Waals surface area contributed by atoms with Crippen LogP contribution < -0.4 is 9.32 Å². The van der Waals surface area contributed by atoms with Crippen molar-refractivity contribution in [1.29, 1.82) is 0 Å². The molecule has 2 aromatic rings. The minimum absolute atomic E-state index is 0.393. The van der Waals surface area contributed by atoms with E-state index >= 15 is 0 Å². The predicted octanol–water partition coefficient (Wildman–Crippen LogP) is 0.385. The third-order valence-corrected chi connectivity index (χ3v) is 4.54. The number of aromatic nitrogens is 2. The third-order valence-electron chi connectivity index (χ3n) is 1.92. The molecule has 0 saturated heterocycles. The molecule has 72 valence electrons. The number of hydrogen-bond donors (Lipinski definition) is 0. The van der Waals surface area contributed by atoms with Crippen molar-refractivity contribution in [3.05, 3.63) is 24.3 Å². The van der Waals surface area contributed by atoms with E-state index in [0.29, 0.717) is 29.9 Å². The fourth-order valence-corrected chi connectivity index (χ4v) is 3.54. The molecule has 0 atom stereocenters. The van der Waals surface area contributed by atoms with Gasteiger partial charge in [-0.05, 0) is 0 Å². The fraction of sp³-hybridized carbons (Fsp3) is 0.200. The molecule has 0 bridgehead atoms. The Morgan fingerprint density at radius 3 is 2.50 bits per heavy atom. The van der Waals surface area contributed by atoms with Crippen LogP contribution >= 0.6 is 0 Å². The van der Waals surface area contributed by atoms with E-state index in [1.807, 2.05) is 6.07 Å². The van der Waals surface area contributed by atoms with E-state index in [2.05, 4.69) is 39.8 Å². The number of hydrogen-bond acceptors (Lipinski definition) is 2. The normalized spacial score (nSPS) is 10.7. The van der Waals surface area contributed by atoms with Crippen LogP contribution in [0.15, 0.2) is 24.3 Å². The molecule has 0 aliphatic carbocycles. The molecule has 0 fully saturated rings. The zero-order valence-electron chi connectivity index (χ0n) is 8.02. The predicted molar refractivity (Wildman–Crippen MR) is 62.0 cm³/mol. The van der Waals surface area contributed by atoms with Crippen molar-refractivity contribution in [3.63, 3.8) is 0 Å². The Labute approximate surface area is 95.8 Å². The van der Waals surface area contributed by atoms with Crippen molar-refractivity contribution in [1.82, 2.24) is 9.97 Å². The van der Waals surface area contributed by atoms with Crippen LogP contribution in [-0.4, -0.2) is 39.9 Å². The van der Waals surface area contributed by atoms with Crippen molar-refractivity contribution in [3.8, 4) is 0 Å². The van der Waals surface area contributed by atoms with Crippen LogP contribution in [-0.2, 0) is 0 Å². The SMILES string of the molecule is C[Se]c1nc([Se]C)c2ccccc2n1. The summed E-state index contributed by atoms with van der Waals surface area (Å²) in [4.78, 5) is 9.11. The second kappa shape index (κ2) is 4.41. The molecule has 2 nitrogen and oxygen atoms in total. The first-order valence-electron chi connectivity index (χ1n) is 4.20. The van der Waals surface area contributed by atoms with Crippen molar-refractivity contribution < 1.29 is 0 Å². The molecule has 0 radical (unpaired) electrons. The van der Waals surface area contributed by atoms with Gasteiger partial charge in [0.2, 0.25) is 0 Å². The molecule has 2 rings (SSSR count). The molecular formula is C10H10N2Se2. The number of para-hydroxylation sites is 1. The van der Waals surface area contributed by atoms with E-state index in [-0.39, 0.29) is 0 Å². The van der Waals surface area contributed by atoms with Crippen LogP contribution in [0.3, 0.4) is 0 Å². The zero-order chi connectivity index (χ0) is 9.97. The number of fused-ring (bicyclic) bond motifs is 1. The maximum absolute atomic E-state index is 4.58. The van der Waals surface area contributed by atoms with E-state index in [9.17, 15) is 0 Å². The van der Waals surface area contributed by atoms with Crippen molar-refractivity contribution in [2.75, 3.05) is 0 Å². The third kappa shape index (κ3) is 1.84. The molecule has 14 heavy (non-hydrogen) atoms. The summed E-state index contributed by atoms with van der Waals surface area (Å²) in [5, 5.41) is 1.23. The average Bonchev–Trinajstić information content (AvgIpc) is 2.27. The van der Waals surface area contributed by atoms with Crippen LogP contribution in [0.1, 0.15) is 0 Å². The Morgan fingerprint density at radius 1 is 1.00 bits per heavy atom. The molecular weight excluding hydrogens is 306 g/mol. The van der Waals surface area contributed by atoms with Gasteiger partial charge >= 0.3 is 96.0 Å². The Bertz CT molecular complexity index is 457. The Kier molecular flexibility index (Phi) is 3.19. The van der Waals surface area contributed by atoms with Gasteiger partial charge < -0.3 is 0 Å². The van der Waals surface area contributed by atoms with Crippen LogP contribution in [0.25, 0.3) is 10.9 Å². The van der Waals surface area contributed by atoms with Gasteiger partial charge in [0.05, 0.1) is 0 Å². The van der Waals surface area contributed by atoms with Crippen molar-refractivity contribution >= 4 is 50.1 Å². The summed E-state index contributed by atoms with van der Waals surface area (Å²) in [7, 11) is 0. The van der Waals surface area contributed by atoms with E-state index in [1.54, 1.807) is 0 Å². The fourth-order valence-electron chi connectivity index (χ4n) is 1.27. The monoisotopic (exact) mass is 318 g/mol. The number of benzene rings is 1. The maximum atomic E-state index is 4.58. The molecule has 0 spiro atoms. The summed E-state index contributed by atoms with van der Waals surface area (Å²) in [6.45, 7) is 0. The van der Waals surface area contributed by atoms with Crippen LogP contribution in [0.2, 0.25) is 11.6 Å². The molecule has 4 heteroatoms. The zero-order valence-corrected chi connectivity index (χ0v) is 11.4. The summed E-state index contributed by atoms with van der Waals surface area (Å²) >= 11 is 0.840. The first-order valence-corrected chi connectivity index (χ1v) is 9.34. The molecule has 1 aromatic carbocycles. The Morgan fingerprint density at radius 2 is 1.79 bits per heavy atom. The molecule has 0 unspecified atom stereocenters. The van der Waals surface area contributed by atoms with Gasteiger partial charge in [-0.25, -0.2) is 0 Å². The van der Waals surface area contributed by atoms with E-state index in [4.69, 9.17) is 0 Å². The van der Waals surface area contributed by atoms with Gasteiger partial charge in [-0.15, -0.1) is 0 Å². The summed E-state index contributed by atoms with van der Waals surface area (Å²) in [6, 6.07) is 8.27. The molecule has 1 aromatic heterocycles. The Hall–Kier alpha value is -0.401. The summed E-state index contributed by atoms with van der Waals surface area (Å²) < 4.78 is 2.26. The number of nitrogens with zero attached hydrogens (tertiary/aromatic N) is 2.